The first kappa shape index (κ1) is 16.5. The van der Waals surface area contributed by atoms with Crippen molar-refractivity contribution in [2.24, 2.45) is 5.92 Å². The summed E-state index contributed by atoms with van der Waals surface area (Å²) in [4.78, 5) is 24.1. The molecule has 0 bridgehead atoms. The molecule has 1 amide bonds. The van der Waals surface area contributed by atoms with Crippen LogP contribution in [0.4, 0.5) is 0 Å². The van der Waals surface area contributed by atoms with E-state index in [1.54, 1.807) is 0 Å². The molecule has 1 saturated heterocycles. The molecule has 5 nitrogen and oxygen atoms in total. The largest absolute Gasteiger partial charge is 0.467 e. The molecule has 0 aliphatic carbocycles. The van der Waals surface area contributed by atoms with Crippen LogP contribution in [-0.4, -0.2) is 38.2 Å². The summed E-state index contributed by atoms with van der Waals surface area (Å²) in [6.45, 7) is 5.08. The van der Waals surface area contributed by atoms with Crippen molar-refractivity contribution >= 4 is 11.9 Å². The highest BCUT2D eigenvalue weighted by Crippen LogP contribution is 2.15. The maximum Gasteiger partial charge on any atom is 0.328 e. The number of esters is 1. The monoisotopic (exact) mass is 305 g/mol. The number of carbonyl (C=O) groups excluding carboxylic acids is 2. The van der Waals surface area contributed by atoms with Crippen molar-refractivity contribution in [2.75, 3.05) is 20.3 Å². The Hall–Kier alpha value is -1.88. The molecule has 0 saturated carbocycles. The van der Waals surface area contributed by atoms with E-state index in [-0.39, 0.29) is 11.8 Å². The predicted octanol–water partition coefficient (Wildman–Crippen LogP) is 1.54. The topological polar surface area (TPSA) is 64.6 Å². The van der Waals surface area contributed by atoms with Crippen molar-refractivity contribution in [1.82, 2.24) is 5.32 Å². The highest BCUT2D eigenvalue weighted by Gasteiger charge is 2.28. The van der Waals surface area contributed by atoms with Gasteiger partial charge in [0.05, 0.1) is 19.6 Å². The highest BCUT2D eigenvalue weighted by molar-refractivity contribution is 5.86. The molecule has 5 heteroatoms. The van der Waals surface area contributed by atoms with Gasteiger partial charge in [0.2, 0.25) is 5.91 Å². The first-order valence-corrected chi connectivity index (χ1v) is 7.53. The van der Waals surface area contributed by atoms with Crippen molar-refractivity contribution in [3.63, 3.8) is 0 Å². The zero-order valence-corrected chi connectivity index (χ0v) is 13.3. The third-order valence-electron chi connectivity index (χ3n) is 4.11. The lowest BCUT2D eigenvalue weighted by Gasteiger charge is -2.19. The van der Waals surface area contributed by atoms with Gasteiger partial charge in [-0.1, -0.05) is 18.2 Å². The SMILES string of the molecule is COC(=O)[C@@H](Cc1ccc(C)c(C)c1)NC(=O)[C@H]1CCOC1. The van der Waals surface area contributed by atoms with Gasteiger partial charge >= 0.3 is 5.97 Å². The molecule has 0 spiro atoms. The normalized spacial score (nSPS) is 18.8. The maximum absolute atomic E-state index is 12.2. The molecular formula is C17H23NO4. The molecule has 2 rings (SSSR count). The van der Waals surface area contributed by atoms with E-state index in [1.807, 2.05) is 32.0 Å². The quantitative estimate of drug-likeness (QED) is 0.838. The Kier molecular flexibility index (Phi) is 5.55. The van der Waals surface area contributed by atoms with Crippen LogP contribution in [0.15, 0.2) is 18.2 Å². The first-order chi connectivity index (χ1) is 10.5. The molecule has 0 radical (unpaired) electrons. The number of aryl methyl sites for hydroxylation is 2. The van der Waals surface area contributed by atoms with E-state index in [0.29, 0.717) is 26.1 Å². The zero-order valence-electron chi connectivity index (χ0n) is 13.3. The van der Waals surface area contributed by atoms with E-state index in [0.717, 1.165) is 11.1 Å². The summed E-state index contributed by atoms with van der Waals surface area (Å²) in [5.74, 6) is -0.742. The molecule has 1 N–H and O–H groups in total. The van der Waals surface area contributed by atoms with Crippen LogP contribution in [0.2, 0.25) is 0 Å². The summed E-state index contributed by atoms with van der Waals surface area (Å²) < 4.78 is 10.0. The average Bonchev–Trinajstić information content (AvgIpc) is 3.03. The van der Waals surface area contributed by atoms with Gasteiger partial charge in [0, 0.05) is 13.0 Å². The lowest BCUT2D eigenvalue weighted by atomic mass is 10.00. The van der Waals surface area contributed by atoms with Crippen LogP contribution < -0.4 is 5.32 Å². The van der Waals surface area contributed by atoms with Crippen LogP contribution in [0.5, 0.6) is 0 Å². The van der Waals surface area contributed by atoms with Crippen LogP contribution in [0.1, 0.15) is 23.1 Å². The van der Waals surface area contributed by atoms with Crippen molar-refractivity contribution in [1.29, 1.82) is 0 Å². The first-order valence-electron chi connectivity index (χ1n) is 7.53. The minimum atomic E-state index is -0.666. The van der Waals surface area contributed by atoms with Gasteiger partial charge in [-0.25, -0.2) is 4.79 Å². The summed E-state index contributed by atoms with van der Waals surface area (Å²) in [5, 5.41) is 2.80. The summed E-state index contributed by atoms with van der Waals surface area (Å²) in [6, 6.07) is 5.37. The lowest BCUT2D eigenvalue weighted by Crippen LogP contribution is -2.45. The van der Waals surface area contributed by atoms with Gasteiger partial charge < -0.3 is 14.8 Å². The van der Waals surface area contributed by atoms with E-state index < -0.39 is 12.0 Å². The second-order valence-electron chi connectivity index (χ2n) is 5.77. The molecule has 1 fully saturated rings. The van der Waals surface area contributed by atoms with Gasteiger partial charge in [0.15, 0.2) is 0 Å². The van der Waals surface area contributed by atoms with Gasteiger partial charge in [-0.3, -0.25) is 4.79 Å². The Bertz CT molecular complexity index is 550. The molecule has 1 heterocycles. The summed E-state index contributed by atoms with van der Waals surface area (Å²) in [6.07, 6.45) is 1.12. The minimum absolute atomic E-state index is 0.142. The third-order valence-corrected chi connectivity index (χ3v) is 4.11. The third kappa shape index (κ3) is 4.07. The molecule has 1 aromatic rings. The van der Waals surface area contributed by atoms with Crippen molar-refractivity contribution < 1.29 is 19.1 Å². The molecule has 22 heavy (non-hydrogen) atoms. The Morgan fingerprint density at radius 1 is 1.36 bits per heavy atom. The standard InChI is InChI=1S/C17H23NO4/c1-11-4-5-13(8-12(11)2)9-15(17(20)21-3)18-16(19)14-6-7-22-10-14/h4-5,8,14-15H,6-7,9-10H2,1-3H3,(H,18,19)/t14-,15+/m0/s1. The van der Waals surface area contributed by atoms with Crippen LogP contribution in [0.3, 0.4) is 0 Å². The number of hydrogen-bond acceptors (Lipinski definition) is 4. The molecule has 0 aromatic heterocycles. The number of benzene rings is 1. The van der Waals surface area contributed by atoms with E-state index in [4.69, 9.17) is 9.47 Å². The van der Waals surface area contributed by atoms with Crippen molar-refractivity contribution in [2.45, 2.75) is 32.7 Å². The Labute approximate surface area is 131 Å². The number of carbonyl (C=O) groups is 2. The van der Waals surface area contributed by atoms with Gasteiger partial charge in [-0.05, 0) is 37.0 Å². The Morgan fingerprint density at radius 2 is 2.14 bits per heavy atom. The summed E-state index contributed by atoms with van der Waals surface area (Å²) >= 11 is 0. The molecule has 1 aromatic carbocycles. The van der Waals surface area contributed by atoms with E-state index in [2.05, 4.69) is 5.32 Å². The molecule has 1 aliphatic heterocycles. The fourth-order valence-electron chi connectivity index (χ4n) is 2.53. The fourth-order valence-corrected chi connectivity index (χ4v) is 2.53. The minimum Gasteiger partial charge on any atom is -0.467 e. The van der Waals surface area contributed by atoms with Gasteiger partial charge in [0.1, 0.15) is 6.04 Å². The van der Waals surface area contributed by atoms with Gasteiger partial charge in [0.25, 0.3) is 0 Å². The van der Waals surface area contributed by atoms with E-state index in [1.165, 1.54) is 12.7 Å². The highest BCUT2D eigenvalue weighted by atomic mass is 16.5. The molecule has 2 atom stereocenters. The van der Waals surface area contributed by atoms with Crippen LogP contribution in [-0.2, 0) is 25.5 Å². The maximum atomic E-state index is 12.2. The second-order valence-corrected chi connectivity index (χ2v) is 5.77. The number of hydrogen-bond donors (Lipinski definition) is 1. The summed E-state index contributed by atoms with van der Waals surface area (Å²) in [7, 11) is 1.33. The number of rotatable bonds is 5. The Balaban J connectivity index is 2.06. The molecular weight excluding hydrogens is 282 g/mol. The molecule has 0 unspecified atom stereocenters. The second kappa shape index (κ2) is 7.40. The number of amides is 1. The van der Waals surface area contributed by atoms with Crippen LogP contribution in [0.25, 0.3) is 0 Å². The van der Waals surface area contributed by atoms with Crippen LogP contribution in [0, 0.1) is 19.8 Å². The van der Waals surface area contributed by atoms with E-state index in [9.17, 15) is 9.59 Å². The average molecular weight is 305 g/mol. The number of nitrogens with one attached hydrogen (secondary N) is 1. The van der Waals surface area contributed by atoms with Gasteiger partial charge in [-0.15, -0.1) is 0 Å². The number of ether oxygens (including phenoxy) is 2. The van der Waals surface area contributed by atoms with Crippen LogP contribution >= 0.6 is 0 Å². The van der Waals surface area contributed by atoms with Crippen molar-refractivity contribution in [3.05, 3.63) is 34.9 Å². The smallest absolute Gasteiger partial charge is 0.328 e. The zero-order chi connectivity index (χ0) is 16.1. The molecule has 1 aliphatic rings. The van der Waals surface area contributed by atoms with Gasteiger partial charge in [-0.2, -0.15) is 0 Å². The predicted molar refractivity (Wildman–Crippen MR) is 82.5 cm³/mol. The summed E-state index contributed by atoms with van der Waals surface area (Å²) in [5.41, 5.74) is 3.36. The van der Waals surface area contributed by atoms with Crippen molar-refractivity contribution in [3.8, 4) is 0 Å². The molecule has 120 valence electrons. The fraction of sp³-hybridized carbons (Fsp3) is 0.529. The lowest BCUT2D eigenvalue weighted by molar-refractivity contribution is -0.145. The van der Waals surface area contributed by atoms with E-state index >= 15 is 0 Å². The number of methoxy groups -OCH3 is 1. The Morgan fingerprint density at radius 3 is 2.73 bits per heavy atom.